The lowest BCUT2D eigenvalue weighted by Crippen LogP contribution is -2.44. The second kappa shape index (κ2) is 8.78. The summed E-state index contributed by atoms with van der Waals surface area (Å²) in [6.07, 6.45) is 9.72. The van der Waals surface area contributed by atoms with Crippen LogP contribution < -0.4 is 0 Å². The van der Waals surface area contributed by atoms with Gasteiger partial charge in [0.1, 0.15) is 10.4 Å². The lowest BCUT2D eigenvalue weighted by atomic mass is 9.93. The van der Waals surface area contributed by atoms with Gasteiger partial charge in [0.15, 0.2) is 5.52 Å². The van der Waals surface area contributed by atoms with Gasteiger partial charge in [0.2, 0.25) is 10.0 Å². The van der Waals surface area contributed by atoms with Crippen LogP contribution in [0.1, 0.15) is 24.0 Å². The van der Waals surface area contributed by atoms with Gasteiger partial charge in [-0.3, -0.25) is 0 Å². The molecule has 2 unspecified atom stereocenters. The summed E-state index contributed by atoms with van der Waals surface area (Å²) in [4.78, 5) is -0.0833. The second-order valence-corrected chi connectivity index (χ2v) is 10.3. The van der Waals surface area contributed by atoms with Crippen LogP contribution in [0.3, 0.4) is 0 Å². The van der Waals surface area contributed by atoms with Gasteiger partial charge in [0.25, 0.3) is 0 Å². The zero-order valence-electron chi connectivity index (χ0n) is 17.2. The minimum absolute atomic E-state index is 0.0833. The SMILES string of the molecule is O=S(=O)(c1c(Cl)ccc2nonc12)N1Cc2ccccc2COCC1CC1C=CC=CC1. The van der Waals surface area contributed by atoms with E-state index in [1.54, 1.807) is 6.07 Å². The molecule has 0 saturated carbocycles. The Morgan fingerprint density at radius 1 is 1.09 bits per heavy atom. The summed E-state index contributed by atoms with van der Waals surface area (Å²) in [6, 6.07) is 10.5. The van der Waals surface area contributed by atoms with Crippen molar-refractivity contribution < 1.29 is 17.8 Å². The van der Waals surface area contributed by atoms with Gasteiger partial charge in [0, 0.05) is 12.6 Å². The van der Waals surface area contributed by atoms with Crippen LogP contribution in [0, 0.1) is 5.92 Å². The van der Waals surface area contributed by atoms with Crippen LogP contribution in [0.25, 0.3) is 11.0 Å². The fraction of sp³-hybridized carbons (Fsp3) is 0.304. The molecule has 1 aliphatic heterocycles. The van der Waals surface area contributed by atoms with Crippen LogP contribution in [-0.4, -0.2) is 35.7 Å². The third kappa shape index (κ3) is 3.99. The maximum atomic E-state index is 14.1. The monoisotopic (exact) mass is 471 g/mol. The zero-order valence-corrected chi connectivity index (χ0v) is 18.8. The minimum Gasteiger partial charge on any atom is -0.375 e. The summed E-state index contributed by atoms with van der Waals surface area (Å²) in [6.45, 7) is 0.952. The topological polar surface area (TPSA) is 85.5 Å². The van der Waals surface area contributed by atoms with E-state index in [1.165, 1.54) is 10.4 Å². The molecule has 9 heteroatoms. The first-order chi connectivity index (χ1) is 15.5. The quantitative estimate of drug-likeness (QED) is 0.557. The van der Waals surface area contributed by atoms with Gasteiger partial charge in [-0.1, -0.05) is 60.2 Å². The molecule has 0 amide bonds. The number of hydrogen-bond acceptors (Lipinski definition) is 6. The van der Waals surface area contributed by atoms with E-state index < -0.39 is 10.0 Å². The van der Waals surface area contributed by atoms with E-state index in [4.69, 9.17) is 21.0 Å². The predicted octanol–water partition coefficient (Wildman–Crippen LogP) is 4.49. The van der Waals surface area contributed by atoms with Crippen LogP contribution in [0.5, 0.6) is 0 Å². The number of nitrogens with zero attached hydrogens (tertiary/aromatic N) is 3. The molecule has 1 aliphatic carbocycles. The van der Waals surface area contributed by atoms with Crippen molar-refractivity contribution in [3.8, 4) is 0 Å². The van der Waals surface area contributed by atoms with E-state index in [2.05, 4.69) is 22.5 Å². The Morgan fingerprint density at radius 2 is 1.94 bits per heavy atom. The fourth-order valence-electron chi connectivity index (χ4n) is 4.33. The number of halogens is 1. The second-order valence-electron chi connectivity index (χ2n) is 8.04. The Kier molecular flexibility index (Phi) is 5.86. The van der Waals surface area contributed by atoms with Crippen molar-refractivity contribution in [3.05, 3.63) is 76.9 Å². The van der Waals surface area contributed by atoms with Crippen LogP contribution in [0.4, 0.5) is 0 Å². The number of benzene rings is 2. The van der Waals surface area contributed by atoms with Crippen molar-refractivity contribution in [2.75, 3.05) is 6.61 Å². The molecule has 0 bridgehead atoms. The van der Waals surface area contributed by atoms with E-state index in [0.717, 1.165) is 17.5 Å². The molecule has 0 N–H and O–H groups in total. The summed E-state index contributed by atoms with van der Waals surface area (Å²) >= 11 is 6.41. The number of allylic oxidation sites excluding steroid dienone is 4. The van der Waals surface area contributed by atoms with Crippen molar-refractivity contribution in [3.63, 3.8) is 0 Å². The lowest BCUT2D eigenvalue weighted by molar-refractivity contribution is 0.0605. The number of sulfonamides is 1. The highest BCUT2D eigenvalue weighted by molar-refractivity contribution is 7.89. The third-order valence-electron chi connectivity index (χ3n) is 5.96. The molecule has 0 radical (unpaired) electrons. The van der Waals surface area contributed by atoms with Crippen molar-refractivity contribution in [1.82, 2.24) is 14.6 Å². The molecular weight excluding hydrogens is 450 g/mol. The molecule has 2 aliphatic rings. The average Bonchev–Trinajstić information content (AvgIpc) is 3.25. The van der Waals surface area contributed by atoms with E-state index in [-0.39, 0.29) is 40.5 Å². The van der Waals surface area contributed by atoms with Crippen LogP contribution in [-0.2, 0) is 27.9 Å². The Hall–Kier alpha value is -2.52. The molecule has 3 aromatic rings. The van der Waals surface area contributed by atoms with Crippen molar-refractivity contribution in [2.24, 2.45) is 5.92 Å². The zero-order chi connectivity index (χ0) is 22.1. The number of fused-ring (bicyclic) bond motifs is 2. The van der Waals surface area contributed by atoms with Crippen molar-refractivity contribution in [2.45, 2.75) is 36.9 Å². The first kappa shape index (κ1) is 21.3. The highest BCUT2D eigenvalue weighted by Gasteiger charge is 2.37. The molecule has 5 rings (SSSR count). The summed E-state index contributed by atoms with van der Waals surface area (Å²) in [7, 11) is -4.05. The van der Waals surface area contributed by atoms with Gasteiger partial charge in [-0.25, -0.2) is 13.0 Å². The molecular formula is C23H22ClN3O4S. The lowest BCUT2D eigenvalue weighted by Gasteiger charge is -2.35. The van der Waals surface area contributed by atoms with E-state index in [0.29, 0.717) is 18.5 Å². The highest BCUT2D eigenvalue weighted by atomic mass is 35.5. The fourth-order valence-corrected chi connectivity index (χ4v) is 6.55. The van der Waals surface area contributed by atoms with E-state index >= 15 is 0 Å². The summed E-state index contributed by atoms with van der Waals surface area (Å²) in [5.41, 5.74) is 2.35. The Labute approximate surface area is 191 Å². The van der Waals surface area contributed by atoms with Crippen molar-refractivity contribution >= 4 is 32.7 Å². The maximum absolute atomic E-state index is 14.1. The first-order valence-electron chi connectivity index (χ1n) is 10.4. The Balaban J connectivity index is 1.61. The summed E-state index contributed by atoms with van der Waals surface area (Å²) < 4.78 is 40.5. The third-order valence-corrected chi connectivity index (χ3v) is 8.36. The van der Waals surface area contributed by atoms with E-state index in [9.17, 15) is 8.42 Å². The molecule has 2 aromatic carbocycles. The molecule has 0 fully saturated rings. The molecule has 1 aromatic heterocycles. The molecule has 2 heterocycles. The summed E-state index contributed by atoms with van der Waals surface area (Å²) in [5, 5.41) is 7.72. The van der Waals surface area contributed by atoms with Crippen LogP contribution in [0.2, 0.25) is 5.02 Å². The van der Waals surface area contributed by atoms with Gasteiger partial charge in [-0.15, -0.1) is 0 Å². The summed E-state index contributed by atoms with van der Waals surface area (Å²) in [5.74, 6) is 0.223. The average molecular weight is 472 g/mol. The standard InChI is InChI=1S/C23H22ClN3O4S/c24-20-10-11-21-22(26-31-25-21)23(20)32(28,29)27-13-17-8-4-5-9-18(17)14-30-15-19(27)12-16-6-2-1-3-7-16/h1-6,8-11,16,19H,7,12-15H2. The molecule has 32 heavy (non-hydrogen) atoms. The molecule has 0 spiro atoms. The van der Waals surface area contributed by atoms with Gasteiger partial charge < -0.3 is 4.74 Å². The van der Waals surface area contributed by atoms with Crippen LogP contribution >= 0.6 is 11.6 Å². The normalized spacial score (nSPS) is 21.9. The van der Waals surface area contributed by atoms with Gasteiger partial charge >= 0.3 is 0 Å². The molecule has 0 saturated heterocycles. The number of rotatable bonds is 4. The van der Waals surface area contributed by atoms with Gasteiger partial charge in [-0.05, 0) is 52.3 Å². The smallest absolute Gasteiger partial charge is 0.247 e. The van der Waals surface area contributed by atoms with E-state index in [1.807, 2.05) is 36.4 Å². The molecule has 7 nitrogen and oxygen atoms in total. The predicted molar refractivity (Wildman–Crippen MR) is 120 cm³/mol. The largest absolute Gasteiger partial charge is 0.375 e. The molecule has 2 atom stereocenters. The Morgan fingerprint density at radius 3 is 2.75 bits per heavy atom. The minimum atomic E-state index is -4.05. The number of aromatic nitrogens is 2. The first-order valence-corrected chi connectivity index (χ1v) is 12.3. The number of ether oxygens (including phenoxy) is 1. The maximum Gasteiger partial charge on any atom is 0.247 e. The highest BCUT2D eigenvalue weighted by Crippen LogP contribution is 2.35. The molecule has 166 valence electrons. The Bertz CT molecular complexity index is 1300. The number of hydrogen-bond donors (Lipinski definition) is 0. The van der Waals surface area contributed by atoms with Crippen LogP contribution in [0.15, 0.2) is 70.2 Å². The van der Waals surface area contributed by atoms with Gasteiger partial charge in [-0.2, -0.15) is 4.31 Å². The van der Waals surface area contributed by atoms with Crippen molar-refractivity contribution in [1.29, 1.82) is 0 Å². The van der Waals surface area contributed by atoms with Gasteiger partial charge in [0.05, 0.1) is 18.2 Å².